The summed E-state index contributed by atoms with van der Waals surface area (Å²) in [5, 5.41) is 0.287. The molecule has 3 nitrogen and oxygen atoms in total. The number of fused-ring (bicyclic) bond motifs is 1. The summed E-state index contributed by atoms with van der Waals surface area (Å²) in [6.07, 6.45) is 0.358. The largest absolute Gasteiger partial charge is 0.296 e. The molecular formula is C11H8FNO2. The van der Waals surface area contributed by atoms with E-state index in [0.29, 0.717) is 11.8 Å². The highest BCUT2D eigenvalue weighted by Crippen LogP contribution is 2.23. The second kappa shape index (κ2) is 3.31. The number of carbonyl (C=O) groups excluding carboxylic acids is 2. The van der Waals surface area contributed by atoms with Gasteiger partial charge in [0.15, 0.2) is 12.1 Å². The Morgan fingerprint density at radius 3 is 2.67 bits per heavy atom. The lowest BCUT2D eigenvalue weighted by Gasteiger charge is -1.99. The van der Waals surface area contributed by atoms with Gasteiger partial charge in [-0.2, -0.15) is 0 Å². The normalized spacial score (nSPS) is 10.5. The Balaban J connectivity index is 2.97. The van der Waals surface area contributed by atoms with E-state index in [4.69, 9.17) is 0 Å². The zero-order valence-corrected chi connectivity index (χ0v) is 8.03. The van der Waals surface area contributed by atoms with E-state index in [0.717, 1.165) is 4.57 Å². The van der Waals surface area contributed by atoms with Crippen LogP contribution in [0.3, 0.4) is 0 Å². The Kier molecular flexibility index (Phi) is 2.11. The fourth-order valence-electron chi connectivity index (χ4n) is 1.66. The molecular weight excluding hydrogens is 197 g/mol. The summed E-state index contributed by atoms with van der Waals surface area (Å²) in [6.45, 7) is 1.29. The van der Waals surface area contributed by atoms with Gasteiger partial charge in [0.1, 0.15) is 5.69 Å². The summed E-state index contributed by atoms with van der Waals surface area (Å²) in [5.74, 6) is -1.02. The molecule has 0 amide bonds. The second-order valence-corrected chi connectivity index (χ2v) is 3.19. The van der Waals surface area contributed by atoms with Crippen molar-refractivity contribution < 1.29 is 14.0 Å². The van der Waals surface area contributed by atoms with Gasteiger partial charge in [-0.05, 0) is 12.1 Å². The number of para-hydroxylation sites is 1. The maximum atomic E-state index is 13.6. The third-order valence-electron chi connectivity index (χ3n) is 2.27. The van der Waals surface area contributed by atoms with Gasteiger partial charge in [-0.15, -0.1) is 0 Å². The molecule has 0 aliphatic rings. The van der Waals surface area contributed by atoms with Crippen molar-refractivity contribution in [3.05, 3.63) is 35.8 Å². The molecule has 4 heteroatoms. The van der Waals surface area contributed by atoms with E-state index >= 15 is 0 Å². The molecule has 2 rings (SSSR count). The number of benzene rings is 1. The fourth-order valence-corrected chi connectivity index (χ4v) is 1.66. The molecule has 0 atom stereocenters. The minimum Gasteiger partial charge on any atom is -0.296 e. The lowest BCUT2D eigenvalue weighted by molar-refractivity contribution is 0.0928. The van der Waals surface area contributed by atoms with E-state index in [1.807, 2.05) is 0 Å². The number of aldehydes is 1. The van der Waals surface area contributed by atoms with Gasteiger partial charge in [0, 0.05) is 12.3 Å². The van der Waals surface area contributed by atoms with E-state index < -0.39 is 5.82 Å². The summed E-state index contributed by atoms with van der Waals surface area (Å²) in [5.41, 5.74) is 0.202. The van der Waals surface area contributed by atoms with Gasteiger partial charge in [-0.25, -0.2) is 4.39 Å². The van der Waals surface area contributed by atoms with Crippen molar-refractivity contribution in [3.63, 3.8) is 0 Å². The van der Waals surface area contributed by atoms with Crippen LogP contribution in [0.5, 0.6) is 0 Å². The summed E-state index contributed by atoms with van der Waals surface area (Å²) in [6, 6.07) is 6.49. The molecule has 76 valence electrons. The van der Waals surface area contributed by atoms with Crippen molar-refractivity contribution in [1.29, 1.82) is 0 Å². The smallest absolute Gasteiger partial charge is 0.228 e. The number of hydrogen-bond donors (Lipinski definition) is 0. The Hall–Kier alpha value is -1.97. The maximum Gasteiger partial charge on any atom is 0.228 e. The van der Waals surface area contributed by atoms with E-state index in [-0.39, 0.29) is 17.0 Å². The van der Waals surface area contributed by atoms with Crippen LogP contribution in [0, 0.1) is 5.82 Å². The average molecular weight is 205 g/mol. The van der Waals surface area contributed by atoms with Crippen molar-refractivity contribution >= 4 is 23.1 Å². The van der Waals surface area contributed by atoms with Gasteiger partial charge in [0.2, 0.25) is 5.91 Å². The summed E-state index contributed by atoms with van der Waals surface area (Å²) in [4.78, 5) is 22.0. The van der Waals surface area contributed by atoms with Crippen LogP contribution in [0.15, 0.2) is 24.3 Å². The minimum absolute atomic E-state index is 0.219. The molecule has 0 unspecified atom stereocenters. The highest BCUT2D eigenvalue weighted by atomic mass is 19.1. The zero-order chi connectivity index (χ0) is 11.0. The number of aromatic nitrogens is 1. The van der Waals surface area contributed by atoms with Crippen molar-refractivity contribution in [1.82, 2.24) is 4.57 Å². The van der Waals surface area contributed by atoms with Gasteiger partial charge >= 0.3 is 0 Å². The molecule has 0 aliphatic carbocycles. The van der Waals surface area contributed by atoms with Crippen molar-refractivity contribution in [2.45, 2.75) is 6.92 Å². The van der Waals surface area contributed by atoms with Crippen LogP contribution in [-0.2, 0) is 0 Å². The van der Waals surface area contributed by atoms with Crippen molar-refractivity contribution in [3.8, 4) is 0 Å². The van der Waals surface area contributed by atoms with Crippen LogP contribution in [0.4, 0.5) is 4.39 Å². The molecule has 0 fully saturated rings. The molecule has 1 heterocycles. The second-order valence-electron chi connectivity index (χ2n) is 3.19. The fraction of sp³-hybridized carbons (Fsp3) is 0.0909. The van der Waals surface area contributed by atoms with E-state index in [1.54, 1.807) is 18.2 Å². The van der Waals surface area contributed by atoms with Crippen LogP contribution < -0.4 is 0 Å². The number of nitrogens with zero attached hydrogens (tertiary/aromatic N) is 1. The number of halogens is 1. The summed E-state index contributed by atoms with van der Waals surface area (Å²) >= 11 is 0. The molecule has 2 aromatic rings. The molecule has 0 saturated heterocycles. The van der Waals surface area contributed by atoms with Crippen LogP contribution in [0.1, 0.15) is 22.2 Å². The molecule has 0 N–H and O–H groups in total. The van der Waals surface area contributed by atoms with Crippen molar-refractivity contribution in [2.24, 2.45) is 0 Å². The highest BCUT2D eigenvalue weighted by molar-refractivity contribution is 5.98. The molecule has 1 aromatic heterocycles. The monoisotopic (exact) mass is 205 g/mol. The summed E-state index contributed by atoms with van der Waals surface area (Å²) in [7, 11) is 0. The predicted octanol–water partition coefficient (Wildman–Crippen LogP) is 2.25. The van der Waals surface area contributed by atoms with Gasteiger partial charge in [0.25, 0.3) is 0 Å². The Bertz CT molecular complexity index is 557. The molecule has 0 bridgehead atoms. The lowest BCUT2D eigenvalue weighted by Crippen LogP contribution is -2.09. The van der Waals surface area contributed by atoms with Crippen molar-refractivity contribution in [2.75, 3.05) is 0 Å². The van der Waals surface area contributed by atoms with E-state index in [1.165, 1.54) is 13.0 Å². The zero-order valence-electron chi connectivity index (χ0n) is 8.03. The quantitative estimate of drug-likeness (QED) is 0.670. The molecule has 15 heavy (non-hydrogen) atoms. The molecule has 0 radical (unpaired) electrons. The Labute approximate surface area is 85.1 Å². The third kappa shape index (κ3) is 1.26. The highest BCUT2D eigenvalue weighted by Gasteiger charge is 2.18. The first-order valence-electron chi connectivity index (χ1n) is 4.42. The summed E-state index contributed by atoms with van der Waals surface area (Å²) < 4.78 is 14.7. The van der Waals surface area contributed by atoms with Crippen LogP contribution in [-0.4, -0.2) is 16.8 Å². The molecule has 0 aliphatic heterocycles. The topological polar surface area (TPSA) is 39.1 Å². The molecule has 0 spiro atoms. The van der Waals surface area contributed by atoms with Crippen LogP contribution in [0.25, 0.3) is 10.9 Å². The van der Waals surface area contributed by atoms with Gasteiger partial charge < -0.3 is 0 Å². The minimum atomic E-state index is -0.643. The number of carbonyl (C=O) groups is 2. The third-order valence-corrected chi connectivity index (χ3v) is 2.27. The first kappa shape index (κ1) is 9.58. The van der Waals surface area contributed by atoms with E-state index in [2.05, 4.69) is 0 Å². The Morgan fingerprint density at radius 1 is 1.40 bits per heavy atom. The number of rotatable bonds is 1. The van der Waals surface area contributed by atoms with Crippen LogP contribution >= 0.6 is 0 Å². The molecule has 0 saturated carbocycles. The first-order chi connectivity index (χ1) is 7.16. The average Bonchev–Trinajstić information content (AvgIpc) is 2.52. The maximum absolute atomic E-state index is 13.6. The van der Waals surface area contributed by atoms with Crippen LogP contribution in [0.2, 0.25) is 0 Å². The standard InChI is InChI=1S/C11H8FNO2/c1-7(15)13-9-5-3-2-4-8(9)11(12)10(13)6-14/h2-6H,1H3. The molecule has 1 aromatic carbocycles. The van der Waals surface area contributed by atoms with Gasteiger partial charge in [0.05, 0.1) is 5.52 Å². The Morgan fingerprint density at radius 2 is 2.07 bits per heavy atom. The lowest BCUT2D eigenvalue weighted by atomic mass is 10.2. The number of hydrogen-bond acceptors (Lipinski definition) is 2. The van der Waals surface area contributed by atoms with Gasteiger partial charge in [-0.3, -0.25) is 14.2 Å². The predicted molar refractivity (Wildman–Crippen MR) is 53.6 cm³/mol. The SMILES string of the molecule is CC(=O)n1c(C=O)c(F)c2ccccc21. The van der Waals surface area contributed by atoms with Gasteiger partial charge in [-0.1, -0.05) is 12.1 Å². The first-order valence-corrected chi connectivity index (χ1v) is 4.42. The van der Waals surface area contributed by atoms with E-state index in [9.17, 15) is 14.0 Å².